The number of aromatic nitrogens is 2. The second-order valence-corrected chi connectivity index (χ2v) is 8.96. The van der Waals surface area contributed by atoms with Gasteiger partial charge in [0.2, 0.25) is 0 Å². The van der Waals surface area contributed by atoms with E-state index >= 15 is 0 Å². The van der Waals surface area contributed by atoms with E-state index in [9.17, 15) is 0 Å². The smallest absolute Gasteiger partial charge is 0.155 e. The van der Waals surface area contributed by atoms with Gasteiger partial charge in [0.15, 0.2) is 5.76 Å². The molecule has 0 aliphatic heterocycles. The van der Waals surface area contributed by atoms with Crippen LogP contribution in [0.5, 0.6) is 0 Å². The molecule has 0 aliphatic carbocycles. The Labute approximate surface area is 204 Å². The minimum absolute atomic E-state index is 0.572. The SMILES string of the molecule is Clc1ccc(-c2cnc(-c3ccc(-c4ccccc4Cl)o3)c3[nH]c4ccccc4c23)c(Cl)c1. The van der Waals surface area contributed by atoms with Gasteiger partial charge in [0.25, 0.3) is 0 Å². The number of nitrogens with one attached hydrogen (secondary N) is 1. The number of benzene rings is 3. The summed E-state index contributed by atoms with van der Waals surface area (Å²) in [6, 6.07) is 25.1. The van der Waals surface area contributed by atoms with Gasteiger partial charge in [-0.2, -0.15) is 0 Å². The number of hydrogen-bond donors (Lipinski definition) is 1. The lowest BCUT2D eigenvalue weighted by Gasteiger charge is -2.09. The van der Waals surface area contributed by atoms with Gasteiger partial charge in [0, 0.05) is 49.2 Å². The second-order valence-electron chi connectivity index (χ2n) is 7.71. The number of halogens is 3. The van der Waals surface area contributed by atoms with Crippen molar-refractivity contribution in [2.75, 3.05) is 0 Å². The van der Waals surface area contributed by atoms with Crippen molar-refractivity contribution in [1.82, 2.24) is 9.97 Å². The van der Waals surface area contributed by atoms with Gasteiger partial charge < -0.3 is 9.40 Å². The van der Waals surface area contributed by atoms with Crippen LogP contribution in [0.25, 0.3) is 55.7 Å². The number of aromatic amines is 1. The largest absolute Gasteiger partial charge is 0.454 e. The van der Waals surface area contributed by atoms with Crippen LogP contribution in [-0.2, 0) is 0 Å². The Kier molecular flexibility index (Phi) is 4.92. The average molecular weight is 490 g/mol. The third kappa shape index (κ3) is 3.41. The topological polar surface area (TPSA) is 41.8 Å². The number of furan rings is 1. The van der Waals surface area contributed by atoms with Crippen LogP contribution in [0.15, 0.2) is 89.5 Å². The molecule has 0 unspecified atom stereocenters. The summed E-state index contributed by atoms with van der Waals surface area (Å²) in [6.07, 6.45) is 1.84. The van der Waals surface area contributed by atoms with Crippen LogP contribution in [0, 0.1) is 0 Å². The Bertz CT molecular complexity index is 1670. The maximum atomic E-state index is 6.57. The number of fused-ring (bicyclic) bond motifs is 3. The lowest BCUT2D eigenvalue weighted by atomic mass is 10.00. The first-order valence-corrected chi connectivity index (χ1v) is 11.4. The van der Waals surface area contributed by atoms with E-state index in [1.807, 2.05) is 72.9 Å². The lowest BCUT2D eigenvalue weighted by Crippen LogP contribution is -1.89. The van der Waals surface area contributed by atoms with Crippen LogP contribution < -0.4 is 0 Å². The molecule has 3 heterocycles. The number of para-hydroxylation sites is 1. The fraction of sp³-hybridized carbons (Fsp3) is 0. The van der Waals surface area contributed by atoms with E-state index in [1.54, 1.807) is 6.07 Å². The van der Waals surface area contributed by atoms with Gasteiger partial charge in [-0.15, -0.1) is 0 Å². The molecule has 33 heavy (non-hydrogen) atoms. The van der Waals surface area contributed by atoms with E-state index in [-0.39, 0.29) is 0 Å². The summed E-state index contributed by atoms with van der Waals surface area (Å²) in [5.74, 6) is 1.33. The first-order valence-electron chi connectivity index (χ1n) is 10.3. The number of nitrogens with zero attached hydrogens (tertiary/aromatic N) is 1. The Morgan fingerprint density at radius 2 is 1.48 bits per heavy atom. The number of hydrogen-bond acceptors (Lipinski definition) is 2. The van der Waals surface area contributed by atoms with E-state index in [2.05, 4.69) is 11.1 Å². The van der Waals surface area contributed by atoms with Gasteiger partial charge in [-0.1, -0.05) is 71.2 Å². The van der Waals surface area contributed by atoms with E-state index in [0.717, 1.165) is 38.5 Å². The summed E-state index contributed by atoms with van der Waals surface area (Å²) in [5.41, 5.74) is 5.22. The monoisotopic (exact) mass is 488 g/mol. The molecule has 6 aromatic rings. The van der Waals surface area contributed by atoms with Gasteiger partial charge in [0.1, 0.15) is 11.5 Å². The summed E-state index contributed by atoms with van der Waals surface area (Å²) in [5, 5.41) is 3.90. The molecular weight excluding hydrogens is 475 g/mol. The van der Waals surface area contributed by atoms with Crippen LogP contribution >= 0.6 is 34.8 Å². The quantitative estimate of drug-likeness (QED) is 0.269. The lowest BCUT2D eigenvalue weighted by molar-refractivity contribution is 0.595. The molecule has 0 saturated heterocycles. The zero-order valence-electron chi connectivity index (χ0n) is 17.1. The number of H-pyrrole nitrogens is 1. The second kappa shape index (κ2) is 7.96. The number of pyridine rings is 1. The molecule has 6 heteroatoms. The summed E-state index contributed by atoms with van der Waals surface area (Å²) >= 11 is 19.1. The van der Waals surface area contributed by atoms with Gasteiger partial charge in [-0.3, -0.25) is 4.98 Å². The maximum Gasteiger partial charge on any atom is 0.155 e. The molecule has 0 fully saturated rings. The van der Waals surface area contributed by atoms with E-state index < -0.39 is 0 Å². The van der Waals surface area contributed by atoms with Crippen molar-refractivity contribution in [3.63, 3.8) is 0 Å². The molecule has 0 spiro atoms. The minimum atomic E-state index is 0.572. The fourth-order valence-electron chi connectivity index (χ4n) is 4.23. The molecular formula is C27H15Cl3N2O. The van der Waals surface area contributed by atoms with Crippen molar-refractivity contribution in [3.8, 4) is 33.9 Å². The predicted octanol–water partition coefficient (Wildman–Crippen LogP) is 9.27. The van der Waals surface area contributed by atoms with Gasteiger partial charge >= 0.3 is 0 Å². The van der Waals surface area contributed by atoms with E-state index in [4.69, 9.17) is 44.2 Å². The molecule has 0 aliphatic rings. The van der Waals surface area contributed by atoms with Crippen molar-refractivity contribution in [3.05, 3.63) is 100 Å². The molecule has 160 valence electrons. The zero-order valence-corrected chi connectivity index (χ0v) is 19.3. The van der Waals surface area contributed by atoms with Gasteiger partial charge in [0.05, 0.1) is 10.5 Å². The molecule has 0 saturated carbocycles. The Balaban J connectivity index is 1.61. The fourth-order valence-corrected chi connectivity index (χ4v) is 4.97. The third-order valence-electron chi connectivity index (χ3n) is 5.73. The average Bonchev–Trinajstić information content (AvgIpc) is 3.44. The van der Waals surface area contributed by atoms with Gasteiger partial charge in [-0.25, -0.2) is 0 Å². The molecule has 1 N–H and O–H groups in total. The molecule has 0 bridgehead atoms. The van der Waals surface area contributed by atoms with Crippen molar-refractivity contribution >= 4 is 56.6 Å². The Morgan fingerprint density at radius 3 is 2.33 bits per heavy atom. The number of rotatable bonds is 3. The molecule has 3 aromatic heterocycles. The van der Waals surface area contributed by atoms with E-state index in [1.165, 1.54) is 0 Å². The molecule has 0 atom stereocenters. The highest BCUT2D eigenvalue weighted by molar-refractivity contribution is 6.37. The van der Waals surface area contributed by atoms with Crippen LogP contribution in [-0.4, -0.2) is 9.97 Å². The zero-order chi connectivity index (χ0) is 22.5. The normalized spacial score (nSPS) is 11.5. The first kappa shape index (κ1) is 20.4. The highest BCUT2D eigenvalue weighted by Crippen LogP contribution is 2.42. The highest BCUT2D eigenvalue weighted by atomic mass is 35.5. The van der Waals surface area contributed by atoms with Crippen LogP contribution in [0.4, 0.5) is 0 Å². The third-order valence-corrected chi connectivity index (χ3v) is 6.61. The van der Waals surface area contributed by atoms with Crippen molar-refractivity contribution < 1.29 is 4.42 Å². The molecule has 0 amide bonds. The summed E-state index contributed by atoms with van der Waals surface area (Å²) < 4.78 is 6.22. The highest BCUT2D eigenvalue weighted by Gasteiger charge is 2.20. The maximum absolute atomic E-state index is 6.57. The predicted molar refractivity (Wildman–Crippen MR) is 137 cm³/mol. The molecule has 6 rings (SSSR count). The van der Waals surface area contributed by atoms with Crippen LogP contribution in [0.1, 0.15) is 0 Å². The molecule has 3 nitrogen and oxygen atoms in total. The minimum Gasteiger partial charge on any atom is -0.454 e. The standard InChI is InChI=1S/C27H15Cl3N2O/c28-15-9-10-16(21(30)13-15)19-14-31-26(27-25(19)18-6-2-4-8-22(18)32-27)24-12-11-23(33-24)17-5-1-3-7-20(17)29/h1-14,32H. The van der Waals surface area contributed by atoms with Crippen molar-refractivity contribution in [2.24, 2.45) is 0 Å². The van der Waals surface area contributed by atoms with Crippen LogP contribution in [0.3, 0.4) is 0 Å². The Hall–Kier alpha value is -3.24. The first-order chi connectivity index (χ1) is 16.1. The molecule has 3 aromatic carbocycles. The summed E-state index contributed by atoms with van der Waals surface area (Å²) in [4.78, 5) is 8.32. The van der Waals surface area contributed by atoms with Crippen molar-refractivity contribution in [1.29, 1.82) is 0 Å². The summed E-state index contributed by atoms with van der Waals surface area (Å²) in [7, 11) is 0. The van der Waals surface area contributed by atoms with E-state index in [0.29, 0.717) is 32.3 Å². The van der Waals surface area contributed by atoms with Crippen LogP contribution in [0.2, 0.25) is 15.1 Å². The molecule has 0 radical (unpaired) electrons. The summed E-state index contributed by atoms with van der Waals surface area (Å²) in [6.45, 7) is 0. The van der Waals surface area contributed by atoms with Gasteiger partial charge in [-0.05, 0) is 42.5 Å². The van der Waals surface area contributed by atoms with Crippen molar-refractivity contribution in [2.45, 2.75) is 0 Å². The Morgan fingerprint density at radius 1 is 0.697 bits per heavy atom.